The molecule has 0 aliphatic carbocycles. The van der Waals surface area contributed by atoms with Crippen molar-refractivity contribution in [2.24, 2.45) is 10.9 Å². The fraction of sp³-hybridized carbons (Fsp3) is 0.533. The first-order chi connectivity index (χ1) is 9.62. The lowest BCUT2D eigenvalue weighted by molar-refractivity contribution is 0.318. The number of hydrogen-bond acceptors (Lipinski definition) is 4. The second-order valence-corrected chi connectivity index (χ2v) is 4.94. The Morgan fingerprint density at radius 1 is 1.50 bits per heavy atom. The number of hydrogen-bond donors (Lipinski definition) is 3. The van der Waals surface area contributed by atoms with Gasteiger partial charge in [0.05, 0.1) is 12.7 Å². The van der Waals surface area contributed by atoms with E-state index in [0.717, 1.165) is 12.1 Å². The van der Waals surface area contributed by atoms with Crippen molar-refractivity contribution in [2.45, 2.75) is 45.7 Å². The molecule has 0 aliphatic heterocycles. The lowest BCUT2D eigenvalue weighted by atomic mass is 10.1. The van der Waals surface area contributed by atoms with E-state index in [1.54, 1.807) is 7.11 Å². The predicted molar refractivity (Wildman–Crippen MR) is 81.3 cm³/mol. The summed E-state index contributed by atoms with van der Waals surface area (Å²) >= 11 is 0. The summed E-state index contributed by atoms with van der Waals surface area (Å²) in [6.07, 6.45) is 3.61. The molecule has 1 aromatic rings. The minimum absolute atomic E-state index is 0.0581. The van der Waals surface area contributed by atoms with Crippen molar-refractivity contribution in [3.63, 3.8) is 0 Å². The van der Waals surface area contributed by atoms with Crippen LogP contribution >= 0.6 is 0 Å². The van der Waals surface area contributed by atoms with E-state index in [1.165, 1.54) is 19.3 Å². The Hall–Kier alpha value is -1.75. The van der Waals surface area contributed by atoms with Gasteiger partial charge in [0, 0.05) is 12.6 Å². The van der Waals surface area contributed by atoms with E-state index in [1.807, 2.05) is 18.2 Å². The van der Waals surface area contributed by atoms with Gasteiger partial charge in [-0.3, -0.25) is 0 Å². The number of ether oxygens (including phenoxy) is 1. The van der Waals surface area contributed by atoms with Crippen molar-refractivity contribution in [2.75, 3.05) is 7.11 Å². The molecule has 0 fully saturated rings. The molecule has 0 aromatic heterocycles. The van der Waals surface area contributed by atoms with Crippen molar-refractivity contribution >= 4 is 5.84 Å². The molecule has 0 amide bonds. The van der Waals surface area contributed by atoms with Crippen LogP contribution in [0.2, 0.25) is 0 Å². The van der Waals surface area contributed by atoms with E-state index in [2.05, 4.69) is 24.3 Å². The van der Waals surface area contributed by atoms with Crippen molar-refractivity contribution in [3.8, 4) is 5.75 Å². The Balaban J connectivity index is 2.72. The number of methoxy groups -OCH3 is 1. The number of amidine groups is 1. The summed E-state index contributed by atoms with van der Waals surface area (Å²) in [7, 11) is 1.56. The van der Waals surface area contributed by atoms with Gasteiger partial charge in [0.25, 0.3) is 0 Å². The molecule has 0 spiro atoms. The second kappa shape index (κ2) is 8.43. The van der Waals surface area contributed by atoms with E-state index >= 15 is 0 Å². The third-order valence-electron chi connectivity index (χ3n) is 3.29. The number of unbranched alkanes of at least 4 members (excludes halogenated alkanes) is 1. The minimum atomic E-state index is 0.0581. The van der Waals surface area contributed by atoms with Crippen LogP contribution in [0.3, 0.4) is 0 Å². The van der Waals surface area contributed by atoms with Crippen LogP contribution in [-0.4, -0.2) is 24.2 Å². The molecular weight excluding hydrogens is 254 g/mol. The fourth-order valence-corrected chi connectivity index (χ4v) is 2.02. The summed E-state index contributed by atoms with van der Waals surface area (Å²) in [6, 6.07) is 6.17. The Kier molecular flexibility index (Phi) is 6.87. The van der Waals surface area contributed by atoms with E-state index in [4.69, 9.17) is 15.7 Å². The smallest absolute Gasteiger partial charge is 0.173 e. The topological polar surface area (TPSA) is 79.9 Å². The number of oxime groups is 1. The first kappa shape index (κ1) is 16.3. The van der Waals surface area contributed by atoms with Crippen LogP contribution in [0.15, 0.2) is 23.4 Å². The SMILES string of the molecule is CCCCC(C)NCc1ccc(OC)c(C(N)=NO)c1. The van der Waals surface area contributed by atoms with Gasteiger partial charge >= 0.3 is 0 Å². The van der Waals surface area contributed by atoms with Crippen LogP contribution in [0, 0.1) is 0 Å². The summed E-state index contributed by atoms with van der Waals surface area (Å²) in [5, 5.41) is 15.3. The maximum atomic E-state index is 8.81. The van der Waals surface area contributed by atoms with E-state index in [-0.39, 0.29) is 5.84 Å². The average molecular weight is 279 g/mol. The molecule has 5 nitrogen and oxygen atoms in total. The number of rotatable bonds is 8. The maximum absolute atomic E-state index is 8.81. The molecular formula is C15H25N3O2. The van der Waals surface area contributed by atoms with Crippen molar-refractivity contribution < 1.29 is 9.94 Å². The molecule has 0 saturated heterocycles. The predicted octanol–water partition coefficient (Wildman–Crippen LogP) is 2.46. The third-order valence-corrected chi connectivity index (χ3v) is 3.29. The van der Waals surface area contributed by atoms with Gasteiger partial charge in [-0.25, -0.2) is 0 Å². The average Bonchev–Trinajstić information content (AvgIpc) is 2.49. The molecule has 5 heteroatoms. The zero-order valence-electron chi connectivity index (χ0n) is 12.5. The molecule has 0 radical (unpaired) electrons. The van der Waals surface area contributed by atoms with Crippen LogP contribution in [0.4, 0.5) is 0 Å². The van der Waals surface area contributed by atoms with Gasteiger partial charge in [-0.05, 0) is 31.0 Å². The van der Waals surface area contributed by atoms with E-state index in [9.17, 15) is 0 Å². The first-order valence-electron chi connectivity index (χ1n) is 7.00. The summed E-state index contributed by atoms with van der Waals surface area (Å²) in [5.41, 5.74) is 7.35. The molecule has 0 bridgehead atoms. The third kappa shape index (κ3) is 4.74. The highest BCUT2D eigenvalue weighted by atomic mass is 16.5. The fourth-order valence-electron chi connectivity index (χ4n) is 2.02. The zero-order chi connectivity index (χ0) is 15.0. The van der Waals surface area contributed by atoms with Gasteiger partial charge in [0.1, 0.15) is 5.75 Å². The normalized spacial score (nSPS) is 13.2. The van der Waals surface area contributed by atoms with E-state index in [0.29, 0.717) is 17.4 Å². The Morgan fingerprint density at radius 2 is 2.25 bits per heavy atom. The van der Waals surface area contributed by atoms with Crippen LogP contribution in [-0.2, 0) is 6.54 Å². The highest BCUT2D eigenvalue weighted by Gasteiger charge is 2.09. The molecule has 112 valence electrons. The molecule has 1 aromatic carbocycles. The second-order valence-electron chi connectivity index (χ2n) is 4.94. The van der Waals surface area contributed by atoms with Gasteiger partial charge in [0.15, 0.2) is 5.84 Å². The van der Waals surface area contributed by atoms with Gasteiger partial charge in [-0.2, -0.15) is 0 Å². The zero-order valence-corrected chi connectivity index (χ0v) is 12.5. The Bertz CT molecular complexity index is 447. The van der Waals surface area contributed by atoms with Crippen molar-refractivity contribution in [1.82, 2.24) is 5.32 Å². The maximum Gasteiger partial charge on any atom is 0.173 e. The molecule has 1 atom stereocenters. The lowest BCUT2D eigenvalue weighted by Crippen LogP contribution is -2.25. The van der Waals surface area contributed by atoms with Crippen LogP contribution in [0.25, 0.3) is 0 Å². The monoisotopic (exact) mass is 279 g/mol. The summed E-state index contributed by atoms with van der Waals surface area (Å²) in [4.78, 5) is 0. The van der Waals surface area contributed by atoms with Crippen LogP contribution < -0.4 is 15.8 Å². The molecule has 4 N–H and O–H groups in total. The lowest BCUT2D eigenvalue weighted by Gasteiger charge is -2.14. The molecule has 1 rings (SSSR count). The molecule has 0 aliphatic rings. The van der Waals surface area contributed by atoms with Gasteiger partial charge < -0.3 is 21.0 Å². The number of nitrogens with two attached hydrogens (primary N) is 1. The largest absolute Gasteiger partial charge is 0.496 e. The summed E-state index contributed by atoms with van der Waals surface area (Å²) < 4.78 is 5.21. The molecule has 20 heavy (non-hydrogen) atoms. The number of nitrogens with one attached hydrogen (secondary N) is 1. The van der Waals surface area contributed by atoms with Gasteiger partial charge in [-0.1, -0.05) is 31.0 Å². The van der Waals surface area contributed by atoms with E-state index < -0.39 is 0 Å². The van der Waals surface area contributed by atoms with Gasteiger partial charge in [0.2, 0.25) is 0 Å². The highest BCUT2D eigenvalue weighted by molar-refractivity contribution is 5.99. The van der Waals surface area contributed by atoms with Crippen LogP contribution in [0.1, 0.15) is 44.2 Å². The quantitative estimate of drug-likeness (QED) is 0.295. The molecule has 0 heterocycles. The number of nitrogens with zero attached hydrogens (tertiary/aromatic N) is 1. The Labute approximate surface area is 120 Å². The number of benzene rings is 1. The highest BCUT2D eigenvalue weighted by Crippen LogP contribution is 2.19. The van der Waals surface area contributed by atoms with Crippen molar-refractivity contribution in [3.05, 3.63) is 29.3 Å². The minimum Gasteiger partial charge on any atom is -0.496 e. The van der Waals surface area contributed by atoms with Gasteiger partial charge in [-0.15, -0.1) is 0 Å². The first-order valence-corrected chi connectivity index (χ1v) is 7.00. The standard InChI is InChI=1S/C15H25N3O2/c1-4-5-6-11(2)17-10-12-7-8-14(20-3)13(9-12)15(16)18-19/h7-9,11,17,19H,4-6,10H2,1-3H3,(H2,16,18). The Morgan fingerprint density at radius 3 is 2.85 bits per heavy atom. The summed E-state index contributed by atoms with van der Waals surface area (Å²) in [5.74, 6) is 0.658. The molecule has 1 unspecified atom stereocenters. The molecule has 0 saturated carbocycles. The van der Waals surface area contributed by atoms with Crippen LogP contribution in [0.5, 0.6) is 5.75 Å². The summed E-state index contributed by atoms with van der Waals surface area (Å²) in [6.45, 7) is 5.13. The van der Waals surface area contributed by atoms with Crippen molar-refractivity contribution in [1.29, 1.82) is 0 Å².